The lowest BCUT2D eigenvalue weighted by molar-refractivity contribution is 0.0274. The van der Waals surface area contributed by atoms with E-state index in [2.05, 4.69) is 29.3 Å². The monoisotopic (exact) mass is 239 g/mol. The molecule has 2 rings (SSSR count). The van der Waals surface area contributed by atoms with Gasteiger partial charge in [0.15, 0.2) is 0 Å². The summed E-state index contributed by atoms with van der Waals surface area (Å²) in [6, 6.07) is 4.27. The van der Waals surface area contributed by atoms with Crippen LogP contribution in [0.4, 0.5) is 0 Å². The molecule has 0 spiro atoms. The molecular formula is C13H21NOS. The molecule has 0 amide bonds. The second-order valence-corrected chi connectivity index (χ2v) is 5.73. The third kappa shape index (κ3) is 3.06. The molecule has 2 atom stereocenters. The van der Waals surface area contributed by atoms with Crippen LogP contribution in [-0.2, 0) is 6.42 Å². The smallest absolute Gasteiger partial charge is 0.0596 e. The van der Waals surface area contributed by atoms with Gasteiger partial charge in [-0.05, 0) is 37.3 Å². The van der Waals surface area contributed by atoms with Gasteiger partial charge in [-0.2, -0.15) is 0 Å². The minimum absolute atomic E-state index is 0.102. The third-order valence-electron chi connectivity index (χ3n) is 3.36. The molecule has 2 nitrogen and oxygen atoms in total. The van der Waals surface area contributed by atoms with Crippen molar-refractivity contribution >= 4 is 11.3 Å². The predicted molar refractivity (Wildman–Crippen MR) is 68.9 cm³/mol. The van der Waals surface area contributed by atoms with Crippen LogP contribution in [0.3, 0.4) is 0 Å². The molecule has 0 aliphatic carbocycles. The highest BCUT2D eigenvalue weighted by Crippen LogP contribution is 2.23. The Morgan fingerprint density at radius 1 is 1.56 bits per heavy atom. The van der Waals surface area contributed by atoms with Crippen molar-refractivity contribution in [3.63, 3.8) is 0 Å². The molecule has 1 aromatic heterocycles. The average Bonchev–Trinajstić information content (AvgIpc) is 2.76. The summed E-state index contributed by atoms with van der Waals surface area (Å²) in [4.78, 5) is 3.90. The number of piperidine rings is 1. The molecule has 0 radical (unpaired) electrons. The van der Waals surface area contributed by atoms with Crippen molar-refractivity contribution in [2.24, 2.45) is 5.92 Å². The summed E-state index contributed by atoms with van der Waals surface area (Å²) >= 11 is 1.80. The standard InChI is InChI=1S/C13H21NOS/c1-2-6-14-7-5-13(15)11(10-14)9-12-4-3-8-16-12/h3-4,8,11,13,15H,2,5-7,9-10H2,1H3. The van der Waals surface area contributed by atoms with Crippen LogP contribution in [0.2, 0.25) is 0 Å². The van der Waals surface area contributed by atoms with E-state index in [1.54, 1.807) is 11.3 Å². The van der Waals surface area contributed by atoms with Crippen LogP contribution >= 0.6 is 11.3 Å². The Morgan fingerprint density at radius 3 is 3.12 bits per heavy atom. The van der Waals surface area contributed by atoms with Gasteiger partial charge >= 0.3 is 0 Å². The quantitative estimate of drug-likeness (QED) is 0.872. The van der Waals surface area contributed by atoms with Gasteiger partial charge < -0.3 is 10.0 Å². The van der Waals surface area contributed by atoms with E-state index >= 15 is 0 Å². The number of thiophene rings is 1. The van der Waals surface area contributed by atoms with Gasteiger partial charge in [0.25, 0.3) is 0 Å². The Labute approximate surface area is 102 Å². The molecular weight excluding hydrogens is 218 g/mol. The Balaban J connectivity index is 1.91. The molecule has 1 N–H and O–H groups in total. The summed E-state index contributed by atoms with van der Waals surface area (Å²) in [7, 11) is 0. The molecule has 0 bridgehead atoms. The molecule has 3 heteroatoms. The van der Waals surface area contributed by atoms with E-state index in [4.69, 9.17) is 0 Å². The van der Waals surface area contributed by atoms with Gasteiger partial charge in [0.1, 0.15) is 0 Å². The highest BCUT2D eigenvalue weighted by atomic mass is 32.1. The second-order valence-electron chi connectivity index (χ2n) is 4.70. The fourth-order valence-electron chi connectivity index (χ4n) is 2.50. The zero-order valence-electron chi connectivity index (χ0n) is 9.93. The van der Waals surface area contributed by atoms with Gasteiger partial charge in [-0.1, -0.05) is 13.0 Å². The maximum Gasteiger partial charge on any atom is 0.0596 e. The van der Waals surface area contributed by atoms with Crippen LogP contribution in [0.15, 0.2) is 17.5 Å². The molecule has 16 heavy (non-hydrogen) atoms. The van der Waals surface area contributed by atoms with Crippen molar-refractivity contribution < 1.29 is 5.11 Å². The van der Waals surface area contributed by atoms with Gasteiger partial charge in [-0.25, -0.2) is 0 Å². The van der Waals surface area contributed by atoms with Crippen LogP contribution in [0.25, 0.3) is 0 Å². The molecule has 1 aliphatic heterocycles. The number of hydrogen-bond donors (Lipinski definition) is 1. The lowest BCUT2D eigenvalue weighted by Gasteiger charge is -2.36. The minimum Gasteiger partial charge on any atom is -0.393 e. The van der Waals surface area contributed by atoms with E-state index < -0.39 is 0 Å². The summed E-state index contributed by atoms with van der Waals surface area (Å²) in [6.45, 7) is 5.52. The van der Waals surface area contributed by atoms with Crippen molar-refractivity contribution in [1.82, 2.24) is 4.90 Å². The largest absolute Gasteiger partial charge is 0.393 e. The Bertz CT molecular complexity index is 299. The number of nitrogens with zero attached hydrogens (tertiary/aromatic N) is 1. The fraction of sp³-hybridized carbons (Fsp3) is 0.692. The van der Waals surface area contributed by atoms with Crippen LogP contribution in [-0.4, -0.2) is 35.7 Å². The predicted octanol–water partition coefficient (Wildman–Crippen LogP) is 2.38. The highest BCUT2D eigenvalue weighted by Gasteiger charge is 2.27. The van der Waals surface area contributed by atoms with Crippen LogP contribution in [0.5, 0.6) is 0 Å². The maximum atomic E-state index is 10.0. The summed E-state index contributed by atoms with van der Waals surface area (Å²) < 4.78 is 0. The van der Waals surface area contributed by atoms with E-state index in [1.165, 1.54) is 17.8 Å². The molecule has 1 fully saturated rings. The molecule has 0 aromatic carbocycles. The number of likely N-dealkylation sites (tertiary alicyclic amines) is 1. The zero-order chi connectivity index (χ0) is 11.4. The molecule has 2 unspecified atom stereocenters. The van der Waals surface area contributed by atoms with E-state index in [9.17, 15) is 5.11 Å². The van der Waals surface area contributed by atoms with Crippen LogP contribution < -0.4 is 0 Å². The van der Waals surface area contributed by atoms with E-state index in [0.717, 1.165) is 25.9 Å². The molecule has 0 saturated carbocycles. The molecule has 2 heterocycles. The SMILES string of the molecule is CCCN1CCC(O)C(Cc2cccs2)C1. The van der Waals surface area contributed by atoms with Crippen molar-refractivity contribution in [1.29, 1.82) is 0 Å². The van der Waals surface area contributed by atoms with Gasteiger partial charge in [0, 0.05) is 23.9 Å². The first kappa shape index (κ1) is 12.1. The Kier molecular flexibility index (Phi) is 4.38. The number of aliphatic hydroxyl groups excluding tert-OH is 1. The fourth-order valence-corrected chi connectivity index (χ4v) is 3.30. The van der Waals surface area contributed by atoms with E-state index in [-0.39, 0.29) is 6.10 Å². The van der Waals surface area contributed by atoms with Gasteiger partial charge in [-0.3, -0.25) is 0 Å². The van der Waals surface area contributed by atoms with Gasteiger partial charge in [-0.15, -0.1) is 11.3 Å². The number of rotatable bonds is 4. The van der Waals surface area contributed by atoms with E-state index in [0.29, 0.717) is 5.92 Å². The summed E-state index contributed by atoms with van der Waals surface area (Å²) in [5.74, 6) is 0.430. The van der Waals surface area contributed by atoms with Crippen molar-refractivity contribution in [2.45, 2.75) is 32.3 Å². The summed E-state index contributed by atoms with van der Waals surface area (Å²) in [6.07, 6.45) is 3.09. The number of hydrogen-bond acceptors (Lipinski definition) is 3. The van der Waals surface area contributed by atoms with Crippen molar-refractivity contribution in [3.05, 3.63) is 22.4 Å². The first-order chi connectivity index (χ1) is 7.79. The summed E-state index contributed by atoms with van der Waals surface area (Å²) in [5.41, 5.74) is 0. The molecule has 1 aliphatic rings. The second kappa shape index (κ2) is 5.80. The van der Waals surface area contributed by atoms with E-state index in [1.807, 2.05) is 0 Å². The average molecular weight is 239 g/mol. The van der Waals surface area contributed by atoms with Crippen LogP contribution in [0.1, 0.15) is 24.6 Å². The van der Waals surface area contributed by atoms with Gasteiger partial charge in [0.05, 0.1) is 6.10 Å². The lowest BCUT2D eigenvalue weighted by atomic mass is 9.91. The third-order valence-corrected chi connectivity index (χ3v) is 4.26. The zero-order valence-corrected chi connectivity index (χ0v) is 10.7. The number of aliphatic hydroxyl groups is 1. The highest BCUT2D eigenvalue weighted by molar-refractivity contribution is 7.09. The summed E-state index contributed by atoms with van der Waals surface area (Å²) in [5, 5.41) is 12.2. The first-order valence-electron chi connectivity index (χ1n) is 6.22. The Morgan fingerprint density at radius 2 is 2.44 bits per heavy atom. The molecule has 1 saturated heterocycles. The topological polar surface area (TPSA) is 23.5 Å². The first-order valence-corrected chi connectivity index (χ1v) is 7.10. The normalized spacial score (nSPS) is 27.1. The molecule has 90 valence electrons. The Hall–Kier alpha value is -0.380. The maximum absolute atomic E-state index is 10.0. The molecule has 1 aromatic rings. The lowest BCUT2D eigenvalue weighted by Crippen LogP contribution is -2.44. The van der Waals surface area contributed by atoms with Crippen LogP contribution in [0, 0.1) is 5.92 Å². The minimum atomic E-state index is -0.102. The van der Waals surface area contributed by atoms with Crippen molar-refractivity contribution in [3.8, 4) is 0 Å². The van der Waals surface area contributed by atoms with Crippen molar-refractivity contribution in [2.75, 3.05) is 19.6 Å². The van der Waals surface area contributed by atoms with Gasteiger partial charge in [0.2, 0.25) is 0 Å².